The minimum Gasteiger partial charge on any atom is -0.476 e. The summed E-state index contributed by atoms with van der Waals surface area (Å²) in [6.07, 6.45) is 11.4. The Labute approximate surface area is 201 Å². The van der Waals surface area contributed by atoms with Crippen LogP contribution in [0.3, 0.4) is 0 Å². The van der Waals surface area contributed by atoms with Crippen molar-refractivity contribution in [3.05, 3.63) is 52.0 Å². The van der Waals surface area contributed by atoms with E-state index in [1.807, 2.05) is 18.2 Å². The first-order valence-corrected chi connectivity index (χ1v) is 13.1. The smallest absolute Gasteiger partial charge is 0.360 e. The SMILES string of the molecule is CCC1=CC(C)C(N2C3CCC[C@H]2C[C@@H](n2c(=O)c(C(=O)O)nc4ccccc42)C3)C(CC)C1. The number of benzene rings is 1. The molecule has 0 radical (unpaired) electrons. The predicted molar refractivity (Wildman–Crippen MR) is 134 cm³/mol. The monoisotopic (exact) mass is 463 g/mol. The third-order valence-electron chi connectivity index (χ3n) is 8.74. The van der Waals surface area contributed by atoms with Gasteiger partial charge in [0.2, 0.25) is 5.69 Å². The zero-order valence-corrected chi connectivity index (χ0v) is 20.6. The Morgan fingerprint density at radius 3 is 2.47 bits per heavy atom. The molecule has 2 saturated heterocycles. The Kier molecular flexibility index (Phi) is 6.36. The molecule has 5 rings (SSSR count). The Hall–Kier alpha value is -2.47. The molecular weight excluding hydrogens is 426 g/mol. The number of aromatic carboxylic acids is 1. The van der Waals surface area contributed by atoms with Gasteiger partial charge in [0.25, 0.3) is 5.56 Å². The lowest BCUT2D eigenvalue weighted by Crippen LogP contribution is -2.61. The summed E-state index contributed by atoms with van der Waals surface area (Å²) in [5.74, 6) is -0.0310. The minimum atomic E-state index is -1.25. The third kappa shape index (κ3) is 3.90. The Morgan fingerprint density at radius 1 is 1.12 bits per heavy atom. The molecule has 6 heteroatoms. The summed E-state index contributed by atoms with van der Waals surface area (Å²) in [7, 11) is 0. The van der Waals surface area contributed by atoms with Crippen molar-refractivity contribution in [1.82, 2.24) is 14.5 Å². The number of hydrogen-bond donors (Lipinski definition) is 1. The molecule has 1 aromatic heterocycles. The fourth-order valence-electron chi connectivity index (χ4n) is 7.33. The van der Waals surface area contributed by atoms with Crippen molar-refractivity contribution in [2.24, 2.45) is 11.8 Å². The van der Waals surface area contributed by atoms with Gasteiger partial charge in [-0.1, -0.05) is 57.4 Å². The fourth-order valence-corrected chi connectivity index (χ4v) is 7.33. The predicted octanol–water partition coefficient (Wildman–Crippen LogP) is 5.42. The first-order chi connectivity index (χ1) is 16.4. The first-order valence-electron chi connectivity index (χ1n) is 13.1. The highest BCUT2D eigenvalue weighted by Gasteiger charge is 2.46. The maximum Gasteiger partial charge on any atom is 0.360 e. The third-order valence-corrected chi connectivity index (χ3v) is 8.74. The molecule has 3 heterocycles. The van der Waals surface area contributed by atoms with Crippen molar-refractivity contribution in [1.29, 1.82) is 0 Å². The lowest BCUT2D eigenvalue weighted by Gasteiger charge is -2.56. The van der Waals surface area contributed by atoms with E-state index in [0.29, 0.717) is 35.5 Å². The molecule has 0 amide bonds. The highest BCUT2D eigenvalue weighted by atomic mass is 16.4. The molecule has 2 fully saturated rings. The number of carboxylic acids is 1. The molecule has 0 saturated carbocycles. The van der Waals surface area contributed by atoms with Gasteiger partial charge in [-0.05, 0) is 62.5 Å². The zero-order chi connectivity index (χ0) is 24.0. The van der Waals surface area contributed by atoms with E-state index in [1.54, 1.807) is 16.2 Å². The number of allylic oxidation sites excluding steroid dienone is 1. The van der Waals surface area contributed by atoms with Crippen LogP contribution in [0.2, 0.25) is 0 Å². The van der Waals surface area contributed by atoms with Crippen LogP contribution in [0, 0.1) is 11.8 Å². The zero-order valence-electron chi connectivity index (χ0n) is 20.6. The number of piperidine rings is 2. The van der Waals surface area contributed by atoms with E-state index in [4.69, 9.17) is 0 Å². The van der Waals surface area contributed by atoms with Crippen LogP contribution in [0.15, 0.2) is 40.7 Å². The number of rotatable bonds is 5. The van der Waals surface area contributed by atoms with Crippen LogP contribution in [0.25, 0.3) is 11.0 Å². The molecule has 0 spiro atoms. The van der Waals surface area contributed by atoms with Crippen molar-refractivity contribution in [2.45, 2.75) is 96.3 Å². The highest BCUT2D eigenvalue weighted by molar-refractivity contribution is 5.88. The second-order valence-corrected chi connectivity index (χ2v) is 10.6. The number of carboxylic acid groups (broad SMARTS) is 1. The van der Waals surface area contributed by atoms with Crippen LogP contribution in [0.4, 0.5) is 0 Å². The number of carbonyl (C=O) groups is 1. The molecule has 182 valence electrons. The van der Waals surface area contributed by atoms with E-state index in [2.05, 4.69) is 36.7 Å². The van der Waals surface area contributed by atoms with Gasteiger partial charge in [-0.3, -0.25) is 9.69 Å². The van der Waals surface area contributed by atoms with E-state index in [0.717, 1.165) is 37.6 Å². The van der Waals surface area contributed by atoms with E-state index >= 15 is 0 Å². The molecule has 1 aliphatic carbocycles. The number of nitrogens with zero attached hydrogens (tertiary/aromatic N) is 3. The van der Waals surface area contributed by atoms with Gasteiger partial charge < -0.3 is 9.67 Å². The van der Waals surface area contributed by atoms with Gasteiger partial charge >= 0.3 is 5.97 Å². The molecule has 2 aromatic rings. The number of para-hydroxylation sites is 2. The molecule has 1 N–H and O–H groups in total. The first kappa shape index (κ1) is 23.3. The Balaban J connectivity index is 1.53. The maximum absolute atomic E-state index is 13.3. The molecule has 2 bridgehead atoms. The van der Waals surface area contributed by atoms with Crippen molar-refractivity contribution < 1.29 is 9.90 Å². The van der Waals surface area contributed by atoms with E-state index < -0.39 is 11.5 Å². The van der Waals surface area contributed by atoms with E-state index in [9.17, 15) is 14.7 Å². The van der Waals surface area contributed by atoms with Gasteiger partial charge in [0, 0.05) is 24.2 Å². The number of hydrogen-bond acceptors (Lipinski definition) is 4. The van der Waals surface area contributed by atoms with Gasteiger partial charge in [-0.15, -0.1) is 0 Å². The lowest BCUT2D eigenvalue weighted by atomic mass is 9.71. The molecular formula is C28H37N3O3. The number of fused-ring (bicyclic) bond motifs is 3. The van der Waals surface area contributed by atoms with Crippen molar-refractivity contribution >= 4 is 17.0 Å². The van der Waals surface area contributed by atoms with Gasteiger partial charge in [0.15, 0.2) is 0 Å². The van der Waals surface area contributed by atoms with Crippen molar-refractivity contribution in [2.75, 3.05) is 0 Å². The topological polar surface area (TPSA) is 75.4 Å². The van der Waals surface area contributed by atoms with Crippen LogP contribution in [-0.4, -0.2) is 43.7 Å². The average Bonchev–Trinajstić information content (AvgIpc) is 2.82. The quantitative estimate of drug-likeness (QED) is 0.599. The second-order valence-electron chi connectivity index (χ2n) is 10.6. The van der Waals surface area contributed by atoms with Crippen LogP contribution in [-0.2, 0) is 0 Å². The molecule has 4 unspecified atom stereocenters. The van der Waals surface area contributed by atoms with Gasteiger partial charge in [0.1, 0.15) is 0 Å². The highest BCUT2D eigenvalue weighted by Crippen LogP contribution is 2.46. The molecule has 2 aliphatic heterocycles. The Morgan fingerprint density at radius 2 is 1.82 bits per heavy atom. The summed E-state index contributed by atoms with van der Waals surface area (Å²) in [6, 6.07) is 8.89. The summed E-state index contributed by atoms with van der Waals surface area (Å²) >= 11 is 0. The van der Waals surface area contributed by atoms with E-state index in [-0.39, 0.29) is 11.7 Å². The average molecular weight is 464 g/mol. The lowest BCUT2D eigenvalue weighted by molar-refractivity contribution is -0.0510. The molecule has 6 nitrogen and oxygen atoms in total. The maximum atomic E-state index is 13.3. The Bertz CT molecular complexity index is 1160. The van der Waals surface area contributed by atoms with Crippen molar-refractivity contribution in [3.63, 3.8) is 0 Å². The molecule has 6 atom stereocenters. The summed E-state index contributed by atoms with van der Waals surface area (Å²) in [5.41, 5.74) is 2.11. The van der Waals surface area contributed by atoms with Crippen molar-refractivity contribution in [3.8, 4) is 0 Å². The van der Waals surface area contributed by atoms with Gasteiger partial charge in [0.05, 0.1) is 11.0 Å². The van der Waals surface area contributed by atoms with Gasteiger partial charge in [-0.25, -0.2) is 9.78 Å². The molecule has 34 heavy (non-hydrogen) atoms. The largest absolute Gasteiger partial charge is 0.476 e. The standard InChI is InChI=1S/C28H37N3O3/c1-4-18-13-17(3)26(19(5-2)14-18)30-20-9-8-10-21(30)16-22(15-20)31-24-12-7-6-11-23(24)29-25(27(31)32)28(33)34/h6-7,11-13,17,19-22,26H,4-5,8-10,14-16H2,1-3H3,(H,33,34)/t17?,19?,20-,21?,22+,26?/m0/s1. The van der Waals surface area contributed by atoms with Crippen LogP contribution in [0.5, 0.6) is 0 Å². The molecule has 3 aliphatic rings. The van der Waals surface area contributed by atoms with Crippen LogP contribution in [0.1, 0.15) is 88.7 Å². The number of aromatic nitrogens is 2. The summed E-state index contributed by atoms with van der Waals surface area (Å²) < 4.78 is 1.77. The summed E-state index contributed by atoms with van der Waals surface area (Å²) in [4.78, 5) is 32.2. The summed E-state index contributed by atoms with van der Waals surface area (Å²) in [5, 5.41) is 9.66. The van der Waals surface area contributed by atoms with E-state index in [1.165, 1.54) is 19.3 Å². The fraction of sp³-hybridized carbons (Fsp3) is 0.607. The second kappa shape index (κ2) is 9.29. The summed E-state index contributed by atoms with van der Waals surface area (Å²) in [6.45, 7) is 7.00. The van der Waals surface area contributed by atoms with Crippen LogP contribution < -0.4 is 5.56 Å². The molecule has 1 aromatic carbocycles. The van der Waals surface area contributed by atoms with Gasteiger partial charge in [-0.2, -0.15) is 0 Å². The normalized spacial score (nSPS) is 31.9. The van der Waals surface area contributed by atoms with Crippen LogP contribution >= 0.6 is 0 Å². The minimum absolute atomic E-state index is 0.00534.